The number of aromatic nitrogens is 1. The maximum Gasteiger partial charge on any atom is 0.239 e. The van der Waals surface area contributed by atoms with Gasteiger partial charge in [0.1, 0.15) is 0 Å². The smallest absolute Gasteiger partial charge is 0.239 e. The molecule has 0 atom stereocenters. The normalized spacial score (nSPS) is 10.8. The first-order valence-corrected chi connectivity index (χ1v) is 5.66. The van der Waals surface area contributed by atoms with Gasteiger partial charge in [-0.25, -0.2) is 0 Å². The number of carbonyl (C=O) groups is 2. The molecule has 2 amide bonds. The fourth-order valence-corrected chi connectivity index (χ4v) is 1.18. The molecule has 1 aromatic rings. The lowest BCUT2D eigenvalue weighted by molar-refractivity contribution is -0.125. The van der Waals surface area contributed by atoms with Gasteiger partial charge in [-0.05, 0) is 26.0 Å². The van der Waals surface area contributed by atoms with Crippen molar-refractivity contribution in [1.82, 2.24) is 10.3 Å². The van der Waals surface area contributed by atoms with E-state index in [-0.39, 0.29) is 24.8 Å². The van der Waals surface area contributed by atoms with E-state index < -0.39 is 5.54 Å². The van der Waals surface area contributed by atoms with Crippen molar-refractivity contribution in [3.63, 3.8) is 0 Å². The van der Waals surface area contributed by atoms with Gasteiger partial charge in [0.15, 0.2) is 0 Å². The Labute approximate surface area is 106 Å². The number of amides is 2. The molecule has 0 spiro atoms. The average molecular weight is 250 g/mol. The summed E-state index contributed by atoms with van der Waals surface area (Å²) in [5.74, 6) is -0.449. The molecule has 0 fully saturated rings. The summed E-state index contributed by atoms with van der Waals surface area (Å²) in [5.41, 5.74) is 5.35. The fraction of sp³-hybridized carbons (Fsp3) is 0.417. The number of carbonyl (C=O) groups excluding carboxylic acids is 2. The highest BCUT2D eigenvalue weighted by atomic mass is 16.2. The molecule has 6 heteroatoms. The minimum atomic E-state index is -0.929. The Morgan fingerprint density at radius 3 is 2.50 bits per heavy atom. The van der Waals surface area contributed by atoms with Crippen molar-refractivity contribution in [2.45, 2.75) is 25.8 Å². The van der Waals surface area contributed by atoms with Crippen LogP contribution in [0.3, 0.4) is 0 Å². The van der Waals surface area contributed by atoms with Crippen LogP contribution >= 0.6 is 0 Å². The van der Waals surface area contributed by atoms with Gasteiger partial charge < -0.3 is 16.4 Å². The van der Waals surface area contributed by atoms with E-state index in [0.29, 0.717) is 5.69 Å². The summed E-state index contributed by atoms with van der Waals surface area (Å²) in [6, 6.07) is 3.39. The van der Waals surface area contributed by atoms with Crippen molar-refractivity contribution in [2.24, 2.45) is 5.73 Å². The van der Waals surface area contributed by atoms with Gasteiger partial charge in [-0.1, -0.05) is 0 Å². The first-order chi connectivity index (χ1) is 8.39. The Morgan fingerprint density at radius 1 is 1.33 bits per heavy atom. The monoisotopic (exact) mass is 250 g/mol. The molecule has 4 N–H and O–H groups in total. The van der Waals surface area contributed by atoms with Crippen molar-refractivity contribution in [2.75, 3.05) is 11.9 Å². The second-order valence-electron chi connectivity index (χ2n) is 4.51. The number of hydrogen-bond donors (Lipinski definition) is 3. The second kappa shape index (κ2) is 6.11. The van der Waals surface area contributed by atoms with Gasteiger partial charge in [0.05, 0.1) is 5.54 Å². The van der Waals surface area contributed by atoms with Gasteiger partial charge in [0.25, 0.3) is 0 Å². The highest BCUT2D eigenvalue weighted by Gasteiger charge is 2.21. The van der Waals surface area contributed by atoms with Gasteiger partial charge in [-0.2, -0.15) is 0 Å². The van der Waals surface area contributed by atoms with Crippen molar-refractivity contribution < 1.29 is 9.59 Å². The van der Waals surface area contributed by atoms with Gasteiger partial charge >= 0.3 is 0 Å². The molecule has 0 aliphatic heterocycles. The molecular formula is C12H18N4O2. The molecule has 18 heavy (non-hydrogen) atoms. The lowest BCUT2D eigenvalue weighted by Crippen LogP contribution is -2.49. The third-order valence-corrected chi connectivity index (χ3v) is 2.19. The predicted molar refractivity (Wildman–Crippen MR) is 68.8 cm³/mol. The van der Waals surface area contributed by atoms with Crippen LogP contribution in [0.4, 0.5) is 5.69 Å². The van der Waals surface area contributed by atoms with E-state index >= 15 is 0 Å². The van der Waals surface area contributed by atoms with E-state index in [1.54, 1.807) is 38.4 Å². The molecule has 98 valence electrons. The zero-order valence-corrected chi connectivity index (χ0v) is 10.6. The first-order valence-electron chi connectivity index (χ1n) is 5.66. The first kappa shape index (κ1) is 14.1. The van der Waals surface area contributed by atoms with E-state index in [4.69, 9.17) is 5.73 Å². The maximum absolute atomic E-state index is 11.5. The highest BCUT2D eigenvalue weighted by Crippen LogP contribution is 2.03. The van der Waals surface area contributed by atoms with E-state index in [2.05, 4.69) is 15.6 Å². The molecule has 1 heterocycles. The number of rotatable bonds is 5. The highest BCUT2D eigenvalue weighted by molar-refractivity contribution is 5.91. The fourth-order valence-electron chi connectivity index (χ4n) is 1.18. The molecule has 0 bridgehead atoms. The Balaban J connectivity index is 2.28. The summed E-state index contributed by atoms with van der Waals surface area (Å²) in [5, 5.41) is 5.30. The number of nitrogens with zero attached hydrogens (tertiary/aromatic N) is 1. The average Bonchev–Trinajstić information content (AvgIpc) is 2.28. The maximum atomic E-state index is 11.5. The van der Waals surface area contributed by atoms with Crippen LogP contribution in [0, 0.1) is 0 Å². The van der Waals surface area contributed by atoms with Crippen molar-refractivity contribution in [3.05, 3.63) is 24.5 Å². The van der Waals surface area contributed by atoms with E-state index in [1.165, 1.54) is 0 Å². The summed E-state index contributed by atoms with van der Waals surface area (Å²) < 4.78 is 0. The number of hydrogen-bond acceptors (Lipinski definition) is 4. The number of nitrogens with one attached hydrogen (secondary N) is 2. The van der Waals surface area contributed by atoms with Crippen LogP contribution in [-0.2, 0) is 9.59 Å². The number of pyridine rings is 1. The van der Waals surface area contributed by atoms with E-state index in [0.717, 1.165) is 0 Å². The van der Waals surface area contributed by atoms with E-state index in [9.17, 15) is 9.59 Å². The van der Waals surface area contributed by atoms with Crippen LogP contribution in [0.5, 0.6) is 0 Å². The molecule has 0 aliphatic carbocycles. The second-order valence-corrected chi connectivity index (χ2v) is 4.51. The van der Waals surface area contributed by atoms with Gasteiger partial charge in [0.2, 0.25) is 11.8 Å². The third kappa shape index (κ3) is 4.92. The molecule has 0 radical (unpaired) electrons. The summed E-state index contributed by atoms with van der Waals surface area (Å²) in [6.45, 7) is 3.48. The zero-order chi connectivity index (χ0) is 13.6. The molecule has 6 nitrogen and oxygen atoms in total. The molecule has 0 aliphatic rings. The summed E-state index contributed by atoms with van der Waals surface area (Å²) in [6.07, 6.45) is 3.38. The SMILES string of the molecule is CC(C)(N)C(=O)NCCC(=O)Nc1ccncc1. The van der Waals surface area contributed by atoms with Crippen LogP contribution in [0.25, 0.3) is 0 Å². The molecular weight excluding hydrogens is 232 g/mol. The summed E-state index contributed by atoms with van der Waals surface area (Å²) in [4.78, 5) is 26.8. The van der Waals surface area contributed by atoms with Gasteiger partial charge in [0, 0.05) is 31.0 Å². The molecule has 0 saturated heterocycles. The largest absolute Gasteiger partial charge is 0.354 e. The molecule has 0 saturated carbocycles. The Bertz CT molecular complexity index is 412. The van der Waals surface area contributed by atoms with Gasteiger partial charge in [-0.3, -0.25) is 14.6 Å². The van der Waals surface area contributed by atoms with Crippen LogP contribution < -0.4 is 16.4 Å². The van der Waals surface area contributed by atoms with E-state index in [1.807, 2.05) is 0 Å². The molecule has 0 unspecified atom stereocenters. The van der Waals surface area contributed by atoms with Crippen LogP contribution in [0.15, 0.2) is 24.5 Å². The lowest BCUT2D eigenvalue weighted by Gasteiger charge is -2.17. The zero-order valence-electron chi connectivity index (χ0n) is 10.6. The van der Waals surface area contributed by atoms with Crippen LogP contribution in [0.1, 0.15) is 20.3 Å². The molecule has 1 rings (SSSR count). The van der Waals surface area contributed by atoms with Crippen LogP contribution in [0.2, 0.25) is 0 Å². The minimum Gasteiger partial charge on any atom is -0.354 e. The predicted octanol–water partition coefficient (Wildman–Crippen LogP) is 0.264. The molecule has 0 aromatic carbocycles. The lowest BCUT2D eigenvalue weighted by atomic mass is 10.1. The van der Waals surface area contributed by atoms with Crippen molar-refractivity contribution in [3.8, 4) is 0 Å². The van der Waals surface area contributed by atoms with Crippen LogP contribution in [-0.4, -0.2) is 28.9 Å². The topological polar surface area (TPSA) is 97.1 Å². The molecule has 1 aromatic heterocycles. The third-order valence-electron chi connectivity index (χ3n) is 2.19. The Hall–Kier alpha value is -1.95. The van der Waals surface area contributed by atoms with Crippen molar-refractivity contribution >= 4 is 17.5 Å². The van der Waals surface area contributed by atoms with Crippen molar-refractivity contribution in [1.29, 1.82) is 0 Å². The Morgan fingerprint density at radius 2 is 1.94 bits per heavy atom. The Kier molecular flexibility index (Phi) is 4.79. The standard InChI is InChI=1S/C12H18N4O2/c1-12(2,13)11(18)15-8-5-10(17)16-9-3-6-14-7-4-9/h3-4,6-7H,5,8,13H2,1-2H3,(H,15,18)(H,14,16,17). The summed E-state index contributed by atoms with van der Waals surface area (Å²) >= 11 is 0. The number of nitrogens with two attached hydrogens (primary N) is 1. The quantitative estimate of drug-likeness (QED) is 0.698. The van der Waals surface area contributed by atoms with Gasteiger partial charge in [-0.15, -0.1) is 0 Å². The minimum absolute atomic E-state index is 0.170. The summed E-state index contributed by atoms with van der Waals surface area (Å²) in [7, 11) is 0. The number of anilines is 1.